The second kappa shape index (κ2) is 6.42. The van der Waals surface area contributed by atoms with E-state index in [0.29, 0.717) is 11.6 Å². The van der Waals surface area contributed by atoms with Crippen LogP contribution in [-0.2, 0) is 0 Å². The van der Waals surface area contributed by atoms with Crippen LogP contribution in [0.2, 0.25) is 0 Å². The van der Waals surface area contributed by atoms with Crippen molar-refractivity contribution in [1.29, 1.82) is 0 Å². The first-order valence-electron chi connectivity index (χ1n) is 8.78. The van der Waals surface area contributed by atoms with Crippen molar-refractivity contribution in [2.45, 2.75) is 44.1 Å². The predicted molar refractivity (Wildman–Crippen MR) is 100 cm³/mol. The lowest BCUT2D eigenvalue weighted by atomic mass is 10.0. The molecule has 6 heteroatoms. The lowest BCUT2D eigenvalue weighted by molar-refractivity contribution is 0.0999. The van der Waals surface area contributed by atoms with Gasteiger partial charge in [0.2, 0.25) is 0 Å². The van der Waals surface area contributed by atoms with Crippen LogP contribution in [0.1, 0.15) is 58.8 Å². The van der Waals surface area contributed by atoms with Crippen LogP contribution in [0.25, 0.3) is 11.3 Å². The van der Waals surface area contributed by atoms with Crippen LogP contribution < -0.4 is 10.5 Å². The zero-order valence-corrected chi connectivity index (χ0v) is 15.4. The third-order valence-corrected chi connectivity index (χ3v) is 6.21. The first kappa shape index (κ1) is 17.1. The van der Waals surface area contributed by atoms with E-state index in [4.69, 9.17) is 10.5 Å². The van der Waals surface area contributed by atoms with E-state index in [1.54, 1.807) is 0 Å². The Kier molecular flexibility index (Phi) is 4.22. The van der Waals surface area contributed by atoms with Crippen LogP contribution in [-0.4, -0.2) is 28.2 Å². The van der Waals surface area contributed by atoms with Crippen molar-refractivity contribution in [3.63, 3.8) is 0 Å². The van der Waals surface area contributed by atoms with Gasteiger partial charge in [-0.15, -0.1) is 11.3 Å². The molecule has 0 spiro atoms. The van der Waals surface area contributed by atoms with Crippen molar-refractivity contribution in [3.8, 4) is 28.8 Å². The minimum Gasteiger partial charge on any atom is -0.492 e. The van der Waals surface area contributed by atoms with E-state index in [1.807, 2.05) is 25.1 Å². The predicted octanol–water partition coefficient (Wildman–Crippen LogP) is 3.06. The number of nitrogens with two attached hydrogens (primary N) is 1. The van der Waals surface area contributed by atoms with Crippen LogP contribution in [0.15, 0.2) is 18.2 Å². The molecule has 134 valence electrons. The summed E-state index contributed by atoms with van der Waals surface area (Å²) in [5.74, 6) is 6.45. The number of carbonyl (C=O) groups is 1. The molecule has 4 rings (SSSR count). The van der Waals surface area contributed by atoms with Gasteiger partial charge in [0.05, 0.1) is 12.3 Å². The molecule has 1 aromatic carbocycles. The fourth-order valence-corrected chi connectivity index (χ4v) is 4.41. The summed E-state index contributed by atoms with van der Waals surface area (Å²) in [6.07, 6.45) is 3.48. The second-order valence-electron chi connectivity index (χ2n) is 7.01. The summed E-state index contributed by atoms with van der Waals surface area (Å²) < 4.78 is 5.91. The SMILES string of the molecule is CC1COc2ccc(C#CC3(O)CCCC3)cc2-c2nc(C(N)=O)sc21. The topological polar surface area (TPSA) is 85.4 Å². The number of amides is 1. The summed E-state index contributed by atoms with van der Waals surface area (Å²) >= 11 is 1.33. The van der Waals surface area contributed by atoms with E-state index in [1.165, 1.54) is 11.3 Å². The summed E-state index contributed by atoms with van der Waals surface area (Å²) in [5, 5.41) is 10.7. The minimum atomic E-state index is -0.872. The first-order valence-corrected chi connectivity index (χ1v) is 9.60. The molecule has 2 aliphatic rings. The van der Waals surface area contributed by atoms with Gasteiger partial charge in [0.25, 0.3) is 5.91 Å². The van der Waals surface area contributed by atoms with E-state index in [-0.39, 0.29) is 5.92 Å². The number of primary amides is 1. The van der Waals surface area contributed by atoms with Crippen molar-refractivity contribution in [3.05, 3.63) is 33.6 Å². The summed E-state index contributed by atoms with van der Waals surface area (Å²) in [4.78, 5) is 17.0. The Morgan fingerprint density at radius 1 is 1.42 bits per heavy atom. The Balaban J connectivity index is 1.77. The van der Waals surface area contributed by atoms with Gasteiger partial charge in [0, 0.05) is 21.9 Å². The lowest BCUT2D eigenvalue weighted by Gasteiger charge is -2.13. The third-order valence-electron chi connectivity index (χ3n) is 4.91. The highest BCUT2D eigenvalue weighted by atomic mass is 32.1. The monoisotopic (exact) mass is 368 g/mol. The number of ether oxygens (including phenoxy) is 1. The van der Waals surface area contributed by atoms with Crippen LogP contribution in [0.3, 0.4) is 0 Å². The molecule has 5 nitrogen and oxygen atoms in total. The molecule has 2 heterocycles. The smallest absolute Gasteiger partial charge is 0.277 e. The summed E-state index contributed by atoms with van der Waals surface area (Å²) in [7, 11) is 0. The molecule has 0 radical (unpaired) electrons. The van der Waals surface area contributed by atoms with Gasteiger partial charge in [-0.1, -0.05) is 18.8 Å². The molecule has 1 amide bonds. The van der Waals surface area contributed by atoms with Gasteiger partial charge in [0.15, 0.2) is 5.01 Å². The molecule has 1 aliphatic carbocycles. The number of hydrogen-bond donors (Lipinski definition) is 2. The Hall–Kier alpha value is -2.36. The standard InChI is InChI=1S/C20H20N2O3S/c1-12-11-25-15-5-4-13(6-9-20(24)7-2-3-8-20)10-14(15)16-17(12)26-19(22-16)18(21)23/h4-5,10,12,24H,2-3,7-8,11H2,1H3,(H2,21,23). The number of rotatable bonds is 1. The van der Waals surface area contributed by atoms with E-state index >= 15 is 0 Å². The van der Waals surface area contributed by atoms with E-state index < -0.39 is 11.5 Å². The fraction of sp³-hybridized carbons (Fsp3) is 0.400. The zero-order valence-electron chi connectivity index (χ0n) is 14.5. The Morgan fingerprint density at radius 3 is 2.92 bits per heavy atom. The van der Waals surface area contributed by atoms with Gasteiger partial charge in [-0.05, 0) is 43.9 Å². The van der Waals surface area contributed by atoms with Gasteiger partial charge < -0.3 is 15.6 Å². The lowest BCUT2D eigenvalue weighted by Crippen LogP contribution is -2.20. The van der Waals surface area contributed by atoms with E-state index in [2.05, 4.69) is 16.8 Å². The normalized spacial score (nSPS) is 20.2. The van der Waals surface area contributed by atoms with E-state index in [0.717, 1.165) is 53.1 Å². The number of thiazole rings is 1. The highest BCUT2D eigenvalue weighted by Gasteiger charge is 2.29. The quantitative estimate of drug-likeness (QED) is 0.758. The minimum absolute atomic E-state index is 0.122. The van der Waals surface area contributed by atoms with Gasteiger partial charge in [-0.25, -0.2) is 4.98 Å². The molecule has 2 aromatic rings. The number of hydrogen-bond acceptors (Lipinski definition) is 5. The molecule has 0 saturated heterocycles. The molecular formula is C20H20N2O3S. The summed E-state index contributed by atoms with van der Waals surface area (Å²) in [5.41, 5.74) is 6.90. The molecule has 0 bridgehead atoms. The van der Waals surface area contributed by atoms with Crippen LogP contribution in [0.5, 0.6) is 5.75 Å². The Bertz CT molecular complexity index is 932. The molecule has 1 unspecified atom stereocenters. The van der Waals surface area contributed by atoms with Crippen molar-refractivity contribution < 1.29 is 14.6 Å². The van der Waals surface area contributed by atoms with Crippen molar-refractivity contribution in [2.75, 3.05) is 6.61 Å². The van der Waals surface area contributed by atoms with E-state index in [9.17, 15) is 9.90 Å². The summed E-state index contributed by atoms with van der Waals surface area (Å²) in [6.45, 7) is 2.56. The molecule has 26 heavy (non-hydrogen) atoms. The highest BCUT2D eigenvalue weighted by molar-refractivity contribution is 7.14. The molecule has 1 saturated carbocycles. The van der Waals surface area contributed by atoms with Crippen LogP contribution in [0.4, 0.5) is 0 Å². The van der Waals surface area contributed by atoms with Gasteiger partial charge in [0.1, 0.15) is 11.4 Å². The van der Waals surface area contributed by atoms with Gasteiger partial charge in [-0.2, -0.15) is 0 Å². The van der Waals surface area contributed by atoms with Gasteiger partial charge >= 0.3 is 0 Å². The number of carbonyl (C=O) groups excluding carboxylic acids is 1. The number of aliphatic hydroxyl groups is 1. The average molecular weight is 368 g/mol. The number of benzene rings is 1. The maximum Gasteiger partial charge on any atom is 0.277 e. The molecule has 1 fully saturated rings. The third kappa shape index (κ3) is 3.09. The Morgan fingerprint density at radius 2 is 2.19 bits per heavy atom. The number of aromatic nitrogens is 1. The average Bonchev–Trinajstić information content (AvgIpc) is 3.23. The fourth-order valence-electron chi connectivity index (χ4n) is 3.45. The van der Waals surface area contributed by atoms with Crippen LogP contribution in [0, 0.1) is 11.8 Å². The zero-order chi connectivity index (χ0) is 18.3. The molecule has 1 aromatic heterocycles. The maximum absolute atomic E-state index is 11.6. The summed E-state index contributed by atoms with van der Waals surface area (Å²) in [6, 6.07) is 5.69. The largest absolute Gasteiger partial charge is 0.492 e. The van der Waals surface area contributed by atoms with Crippen molar-refractivity contribution in [2.24, 2.45) is 5.73 Å². The van der Waals surface area contributed by atoms with Crippen molar-refractivity contribution >= 4 is 17.2 Å². The molecule has 3 N–H and O–H groups in total. The van der Waals surface area contributed by atoms with Crippen molar-refractivity contribution in [1.82, 2.24) is 4.98 Å². The molecule has 1 atom stereocenters. The number of fused-ring (bicyclic) bond motifs is 3. The van der Waals surface area contributed by atoms with Gasteiger partial charge in [-0.3, -0.25) is 4.79 Å². The molecular weight excluding hydrogens is 348 g/mol. The van der Waals surface area contributed by atoms with Crippen LogP contribution >= 0.6 is 11.3 Å². The first-order chi connectivity index (χ1) is 12.5. The number of nitrogens with zero attached hydrogens (tertiary/aromatic N) is 1. The highest BCUT2D eigenvalue weighted by Crippen LogP contribution is 2.42. The molecule has 1 aliphatic heterocycles. The second-order valence-corrected chi connectivity index (χ2v) is 8.04. The Labute approximate surface area is 156 Å². The maximum atomic E-state index is 11.6.